The third-order valence-electron chi connectivity index (χ3n) is 3.57. The molecule has 2 heterocycles. The predicted octanol–water partition coefficient (Wildman–Crippen LogP) is 2.37. The zero-order valence-corrected chi connectivity index (χ0v) is 11.5. The van der Waals surface area contributed by atoms with Gasteiger partial charge in [0.2, 0.25) is 5.89 Å². The molecule has 1 aliphatic rings. The third-order valence-corrected chi connectivity index (χ3v) is 3.57. The van der Waals surface area contributed by atoms with Crippen LogP contribution in [0.15, 0.2) is 28.8 Å². The van der Waals surface area contributed by atoms with Gasteiger partial charge in [-0.25, -0.2) is 0 Å². The van der Waals surface area contributed by atoms with E-state index < -0.39 is 0 Å². The van der Waals surface area contributed by atoms with Gasteiger partial charge >= 0.3 is 0 Å². The number of rotatable bonds is 5. The summed E-state index contributed by atoms with van der Waals surface area (Å²) in [6, 6.07) is 8.04. The lowest BCUT2D eigenvalue weighted by atomic mass is 10.1. The topological polar surface area (TPSA) is 57.4 Å². The minimum absolute atomic E-state index is 0.300. The van der Waals surface area contributed by atoms with E-state index in [4.69, 9.17) is 14.0 Å². The van der Waals surface area contributed by atoms with Gasteiger partial charge in [0.25, 0.3) is 0 Å². The first kappa shape index (κ1) is 13.1. The molecule has 1 saturated heterocycles. The Morgan fingerprint density at radius 1 is 1.25 bits per heavy atom. The van der Waals surface area contributed by atoms with Crippen LogP contribution in [-0.4, -0.2) is 30.5 Å². The van der Waals surface area contributed by atoms with Gasteiger partial charge in [0.15, 0.2) is 5.82 Å². The van der Waals surface area contributed by atoms with Crippen LogP contribution in [0.2, 0.25) is 0 Å². The van der Waals surface area contributed by atoms with Crippen LogP contribution in [-0.2, 0) is 17.6 Å². The Morgan fingerprint density at radius 3 is 2.80 bits per heavy atom. The minimum atomic E-state index is 0.300. The Labute approximate surface area is 117 Å². The SMILES string of the molecule is COc1ccc(CCc2nc([C@@H]3CCOC3)no2)cc1. The molecule has 0 aliphatic carbocycles. The van der Waals surface area contributed by atoms with E-state index in [0.717, 1.165) is 37.4 Å². The van der Waals surface area contributed by atoms with Crippen molar-refractivity contribution in [3.05, 3.63) is 41.5 Å². The lowest BCUT2D eigenvalue weighted by molar-refractivity contribution is 0.192. The summed E-state index contributed by atoms with van der Waals surface area (Å²) in [6.45, 7) is 1.50. The molecule has 1 fully saturated rings. The number of aryl methyl sites for hydroxylation is 2. The second-order valence-electron chi connectivity index (χ2n) is 4.95. The number of benzene rings is 1. The van der Waals surface area contributed by atoms with Gasteiger partial charge in [-0.15, -0.1) is 0 Å². The molecular formula is C15H18N2O3. The van der Waals surface area contributed by atoms with Crippen molar-refractivity contribution < 1.29 is 14.0 Å². The zero-order valence-electron chi connectivity index (χ0n) is 11.5. The summed E-state index contributed by atoms with van der Waals surface area (Å²) in [7, 11) is 1.67. The average Bonchev–Trinajstić information content (AvgIpc) is 3.16. The third kappa shape index (κ3) is 2.99. The van der Waals surface area contributed by atoms with Crippen LogP contribution in [0, 0.1) is 0 Å². The maximum absolute atomic E-state index is 5.34. The molecule has 20 heavy (non-hydrogen) atoms. The largest absolute Gasteiger partial charge is 0.497 e. The molecular weight excluding hydrogens is 256 g/mol. The Hall–Kier alpha value is -1.88. The van der Waals surface area contributed by atoms with Crippen LogP contribution < -0.4 is 4.74 Å². The molecule has 0 unspecified atom stereocenters. The summed E-state index contributed by atoms with van der Waals surface area (Å²) in [5, 5.41) is 4.05. The van der Waals surface area contributed by atoms with Crippen molar-refractivity contribution in [3.8, 4) is 5.75 Å². The smallest absolute Gasteiger partial charge is 0.226 e. The molecule has 2 aromatic rings. The number of nitrogens with zero attached hydrogens (tertiary/aromatic N) is 2. The molecule has 1 aromatic carbocycles. The molecule has 0 N–H and O–H groups in total. The number of aromatic nitrogens is 2. The first-order valence-electron chi connectivity index (χ1n) is 6.88. The van der Waals surface area contributed by atoms with E-state index >= 15 is 0 Å². The first-order valence-corrected chi connectivity index (χ1v) is 6.88. The lowest BCUT2D eigenvalue weighted by Gasteiger charge is -2.01. The van der Waals surface area contributed by atoms with Crippen molar-refractivity contribution in [1.29, 1.82) is 0 Å². The molecule has 0 bridgehead atoms. The Balaban J connectivity index is 1.57. The van der Waals surface area contributed by atoms with Crippen LogP contribution in [0.3, 0.4) is 0 Å². The van der Waals surface area contributed by atoms with Gasteiger partial charge in [0, 0.05) is 18.9 Å². The molecule has 0 amide bonds. The van der Waals surface area contributed by atoms with E-state index in [1.54, 1.807) is 7.11 Å². The molecule has 5 nitrogen and oxygen atoms in total. The van der Waals surface area contributed by atoms with Crippen molar-refractivity contribution in [2.45, 2.75) is 25.2 Å². The predicted molar refractivity (Wildman–Crippen MR) is 72.9 cm³/mol. The van der Waals surface area contributed by atoms with E-state index in [2.05, 4.69) is 22.3 Å². The maximum Gasteiger partial charge on any atom is 0.226 e. The van der Waals surface area contributed by atoms with Crippen LogP contribution >= 0.6 is 0 Å². The zero-order chi connectivity index (χ0) is 13.8. The van der Waals surface area contributed by atoms with Gasteiger partial charge in [-0.3, -0.25) is 0 Å². The summed E-state index contributed by atoms with van der Waals surface area (Å²) >= 11 is 0. The van der Waals surface area contributed by atoms with Gasteiger partial charge in [-0.2, -0.15) is 4.98 Å². The van der Waals surface area contributed by atoms with Gasteiger partial charge < -0.3 is 14.0 Å². The van der Waals surface area contributed by atoms with E-state index in [-0.39, 0.29) is 0 Å². The van der Waals surface area contributed by atoms with Crippen molar-refractivity contribution in [3.63, 3.8) is 0 Å². The highest BCUT2D eigenvalue weighted by Crippen LogP contribution is 2.22. The molecule has 3 rings (SSSR count). The number of ether oxygens (including phenoxy) is 2. The number of hydrogen-bond donors (Lipinski definition) is 0. The van der Waals surface area contributed by atoms with Crippen molar-refractivity contribution in [1.82, 2.24) is 10.1 Å². The molecule has 1 aromatic heterocycles. The minimum Gasteiger partial charge on any atom is -0.497 e. The molecule has 0 saturated carbocycles. The fraction of sp³-hybridized carbons (Fsp3) is 0.467. The van der Waals surface area contributed by atoms with Crippen LogP contribution in [0.25, 0.3) is 0 Å². The van der Waals surface area contributed by atoms with E-state index in [9.17, 15) is 0 Å². The highest BCUT2D eigenvalue weighted by molar-refractivity contribution is 5.27. The van der Waals surface area contributed by atoms with E-state index in [1.807, 2.05) is 12.1 Å². The molecule has 0 radical (unpaired) electrons. The normalized spacial score (nSPS) is 18.4. The van der Waals surface area contributed by atoms with Crippen LogP contribution in [0.5, 0.6) is 5.75 Å². The van der Waals surface area contributed by atoms with Gasteiger partial charge in [0.05, 0.1) is 13.7 Å². The lowest BCUT2D eigenvalue weighted by Crippen LogP contribution is -2.00. The van der Waals surface area contributed by atoms with Gasteiger partial charge in [-0.1, -0.05) is 17.3 Å². The van der Waals surface area contributed by atoms with Crippen molar-refractivity contribution in [2.24, 2.45) is 0 Å². The molecule has 1 atom stereocenters. The fourth-order valence-electron chi connectivity index (χ4n) is 2.32. The number of hydrogen-bond acceptors (Lipinski definition) is 5. The maximum atomic E-state index is 5.34. The second kappa shape index (κ2) is 6.05. The Morgan fingerprint density at radius 2 is 2.10 bits per heavy atom. The summed E-state index contributed by atoms with van der Waals surface area (Å²) in [6.07, 6.45) is 2.62. The second-order valence-corrected chi connectivity index (χ2v) is 4.95. The molecule has 1 aliphatic heterocycles. The van der Waals surface area contributed by atoms with Crippen LogP contribution in [0.1, 0.15) is 29.6 Å². The molecule has 106 valence electrons. The summed E-state index contributed by atoms with van der Waals surface area (Å²) in [5.41, 5.74) is 1.23. The first-order chi connectivity index (χ1) is 9.85. The average molecular weight is 274 g/mol. The fourth-order valence-corrected chi connectivity index (χ4v) is 2.32. The highest BCUT2D eigenvalue weighted by Gasteiger charge is 2.22. The van der Waals surface area contributed by atoms with Gasteiger partial charge in [0.1, 0.15) is 5.75 Å². The number of methoxy groups -OCH3 is 1. The van der Waals surface area contributed by atoms with Crippen LogP contribution in [0.4, 0.5) is 0 Å². The quantitative estimate of drug-likeness (QED) is 0.837. The standard InChI is InChI=1S/C15H18N2O3/c1-18-13-5-2-11(3-6-13)4-7-14-16-15(17-20-14)12-8-9-19-10-12/h2-3,5-6,12H,4,7-10H2,1H3/t12-/m1/s1. The Kier molecular flexibility index (Phi) is 3.97. The van der Waals surface area contributed by atoms with E-state index in [0.29, 0.717) is 18.4 Å². The van der Waals surface area contributed by atoms with Crippen molar-refractivity contribution >= 4 is 0 Å². The summed E-state index contributed by atoms with van der Waals surface area (Å²) in [5.74, 6) is 2.65. The monoisotopic (exact) mass is 274 g/mol. The van der Waals surface area contributed by atoms with E-state index in [1.165, 1.54) is 5.56 Å². The van der Waals surface area contributed by atoms with Crippen molar-refractivity contribution in [2.75, 3.05) is 20.3 Å². The summed E-state index contributed by atoms with van der Waals surface area (Å²) < 4.78 is 15.8. The van der Waals surface area contributed by atoms with Gasteiger partial charge in [-0.05, 0) is 30.5 Å². The molecule has 0 spiro atoms. The summed E-state index contributed by atoms with van der Waals surface area (Å²) in [4.78, 5) is 4.46. The highest BCUT2D eigenvalue weighted by atomic mass is 16.5. The molecule has 5 heteroatoms. The Bertz CT molecular complexity index is 545.